The number of benzene rings is 2. The van der Waals surface area contributed by atoms with Gasteiger partial charge in [-0.3, -0.25) is 14.2 Å². The van der Waals surface area contributed by atoms with Crippen LogP contribution >= 0.6 is 0 Å². The molecule has 0 saturated heterocycles. The summed E-state index contributed by atoms with van der Waals surface area (Å²) < 4.78 is 3.24. The predicted molar refractivity (Wildman–Crippen MR) is 115 cm³/mol. The Balaban J connectivity index is 1.75. The Morgan fingerprint density at radius 3 is 2.45 bits per heavy atom. The monoisotopic (exact) mass is 386 g/mol. The Kier molecular flexibility index (Phi) is 4.99. The molecule has 0 radical (unpaired) electrons. The molecule has 0 aliphatic carbocycles. The first-order valence-corrected chi connectivity index (χ1v) is 9.57. The average Bonchev–Trinajstić information content (AvgIpc) is 3.09. The van der Waals surface area contributed by atoms with E-state index in [1.54, 1.807) is 15.5 Å². The number of hydrogen-bond acceptors (Lipinski definition) is 3. The molecule has 0 unspecified atom stereocenters. The number of hydrogen-bond donors (Lipinski definition) is 1. The molecule has 0 saturated carbocycles. The Hall–Kier alpha value is -3.67. The lowest BCUT2D eigenvalue weighted by Gasteiger charge is -2.08. The van der Waals surface area contributed by atoms with Gasteiger partial charge in [-0.25, -0.2) is 4.98 Å². The molecular weight excluding hydrogens is 364 g/mol. The fraction of sp³-hybridized carbons (Fsp3) is 0.174. The summed E-state index contributed by atoms with van der Waals surface area (Å²) in [4.78, 5) is 30.2. The van der Waals surface area contributed by atoms with Crippen molar-refractivity contribution in [2.24, 2.45) is 0 Å². The summed E-state index contributed by atoms with van der Waals surface area (Å²) >= 11 is 0. The molecule has 6 heteroatoms. The molecule has 2 aromatic heterocycles. The first kappa shape index (κ1) is 18.7. The Bertz CT molecular complexity index is 1220. The van der Waals surface area contributed by atoms with Crippen molar-refractivity contribution in [1.29, 1.82) is 0 Å². The van der Waals surface area contributed by atoms with Gasteiger partial charge in [-0.05, 0) is 31.5 Å². The lowest BCUT2D eigenvalue weighted by atomic mass is 10.1. The van der Waals surface area contributed by atoms with E-state index < -0.39 is 0 Å². The van der Waals surface area contributed by atoms with Crippen LogP contribution in [0.1, 0.15) is 12.5 Å². The molecule has 1 amide bonds. The molecule has 6 nitrogen and oxygen atoms in total. The van der Waals surface area contributed by atoms with E-state index in [1.165, 1.54) is 0 Å². The summed E-state index contributed by atoms with van der Waals surface area (Å²) in [6.07, 6.45) is 3.40. The lowest BCUT2D eigenvalue weighted by Crippen LogP contribution is -2.24. The van der Waals surface area contributed by atoms with Crippen LogP contribution in [0, 0.1) is 6.92 Å². The van der Waals surface area contributed by atoms with Gasteiger partial charge in [0.1, 0.15) is 17.6 Å². The molecule has 1 N–H and O–H groups in total. The number of carbonyl (C=O) groups is 1. The topological polar surface area (TPSA) is 68.9 Å². The van der Waals surface area contributed by atoms with Crippen molar-refractivity contribution in [2.45, 2.75) is 26.9 Å². The molecule has 146 valence electrons. The minimum Gasteiger partial charge on any atom is -0.332 e. The van der Waals surface area contributed by atoms with Crippen LogP contribution in [-0.4, -0.2) is 20.0 Å². The van der Waals surface area contributed by atoms with Crippen LogP contribution in [0.4, 0.5) is 5.69 Å². The zero-order valence-corrected chi connectivity index (χ0v) is 16.4. The maximum atomic E-state index is 13.0. The number of aromatic nitrogens is 3. The summed E-state index contributed by atoms with van der Waals surface area (Å²) in [7, 11) is 0. The molecule has 2 aromatic carbocycles. The third-order valence-corrected chi connectivity index (χ3v) is 4.92. The van der Waals surface area contributed by atoms with Gasteiger partial charge in [0, 0.05) is 24.0 Å². The van der Waals surface area contributed by atoms with Crippen molar-refractivity contribution in [1.82, 2.24) is 14.1 Å². The summed E-state index contributed by atoms with van der Waals surface area (Å²) in [5.41, 5.74) is 4.53. The molecule has 0 aliphatic heterocycles. The summed E-state index contributed by atoms with van der Waals surface area (Å²) in [6, 6.07) is 17.4. The van der Waals surface area contributed by atoms with E-state index in [2.05, 4.69) is 10.3 Å². The van der Waals surface area contributed by atoms with Gasteiger partial charge < -0.3 is 9.88 Å². The Labute approximate surface area is 168 Å². The summed E-state index contributed by atoms with van der Waals surface area (Å²) in [5.74, 6) is -0.198. The zero-order valence-electron chi connectivity index (χ0n) is 16.4. The number of rotatable bonds is 5. The summed E-state index contributed by atoms with van der Waals surface area (Å²) in [6.45, 7) is 4.43. The number of aryl methyl sites for hydroxylation is 2. The van der Waals surface area contributed by atoms with E-state index >= 15 is 0 Å². The van der Waals surface area contributed by atoms with Crippen LogP contribution in [0.5, 0.6) is 0 Å². The Morgan fingerprint density at radius 1 is 1.03 bits per heavy atom. The van der Waals surface area contributed by atoms with Crippen molar-refractivity contribution in [3.05, 3.63) is 83.0 Å². The summed E-state index contributed by atoms with van der Waals surface area (Å²) in [5, 5.41) is 2.89. The van der Waals surface area contributed by atoms with Gasteiger partial charge in [-0.1, -0.05) is 48.0 Å². The standard InChI is InChI=1S/C23H22N4O2/c1-3-26-15-24-21-19(17-7-5-4-6-8-17)13-27(22(21)23(26)29)14-20(28)25-18-11-9-16(2)10-12-18/h4-13,15H,3,14H2,1-2H3,(H,25,28). The van der Waals surface area contributed by atoms with Crippen LogP contribution in [0.25, 0.3) is 22.2 Å². The van der Waals surface area contributed by atoms with E-state index in [4.69, 9.17) is 0 Å². The van der Waals surface area contributed by atoms with Crippen LogP contribution < -0.4 is 10.9 Å². The molecule has 0 spiro atoms. The van der Waals surface area contributed by atoms with E-state index in [9.17, 15) is 9.59 Å². The first-order chi connectivity index (χ1) is 14.1. The third kappa shape index (κ3) is 3.69. The Morgan fingerprint density at radius 2 is 1.76 bits per heavy atom. The van der Waals surface area contributed by atoms with E-state index in [0.717, 1.165) is 22.4 Å². The third-order valence-electron chi connectivity index (χ3n) is 4.92. The SMILES string of the molecule is CCn1cnc2c(-c3ccccc3)cn(CC(=O)Nc3ccc(C)cc3)c2c1=O. The fourth-order valence-corrected chi connectivity index (χ4v) is 3.39. The number of nitrogens with one attached hydrogen (secondary N) is 1. The zero-order chi connectivity index (χ0) is 20.4. The number of carbonyl (C=O) groups excluding carboxylic acids is 1. The largest absolute Gasteiger partial charge is 0.332 e. The smallest absolute Gasteiger partial charge is 0.277 e. The molecule has 2 heterocycles. The molecular formula is C23H22N4O2. The van der Waals surface area contributed by atoms with Crippen molar-refractivity contribution in [3.63, 3.8) is 0 Å². The predicted octanol–water partition coefficient (Wildman–Crippen LogP) is 3.83. The van der Waals surface area contributed by atoms with Crippen LogP contribution in [0.3, 0.4) is 0 Å². The van der Waals surface area contributed by atoms with Gasteiger partial charge in [0.15, 0.2) is 0 Å². The average molecular weight is 386 g/mol. The van der Waals surface area contributed by atoms with Gasteiger partial charge in [0.25, 0.3) is 5.56 Å². The van der Waals surface area contributed by atoms with Crippen LogP contribution in [-0.2, 0) is 17.9 Å². The van der Waals surface area contributed by atoms with Gasteiger partial charge in [-0.2, -0.15) is 0 Å². The van der Waals surface area contributed by atoms with Crippen molar-refractivity contribution in [3.8, 4) is 11.1 Å². The molecule has 29 heavy (non-hydrogen) atoms. The minimum atomic E-state index is -0.198. The second kappa shape index (κ2) is 7.75. The molecule has 0 atom stereocenters. The highest BCUT2D eigenvalue weighted by Crippen LogP contribution is 2.27. The number of fused-ring (bicyclic) bond motifs is 1. The molecule has 4 rings (SSSR count). The maximum Gasteiger partial charge on any atom is 0.277 e. The highest BCUT2D eigenvalue weighted by molar-refractivity contribution is 5.95. The van der Waals surface area contributed by atoms with Crippen LogP contribution in [0.2, 0.25) is 0 Å². The second-order valence-electron chi connectivity index (χ2n) is 6.98. The van der Waals surface area contributed by atoms with Crippen molar-refractivity contribution in [2.75, 3.05) is 5.32 Å². The van der Waals surface area contributed by atoms with Gasteiger partial charge in [0.05, 0.1) is 6.33 Å². The van der Waals surface area contributed by atoms with Gasteiger partial charge in [-0.15, -0.1) is 0 Å². The lowest BCUT2D eigenvalue weighted by molar-refractivity contribution is -0.116. The molecule has 0 fully saturated rings. The number of nitrogens with zero attached hydrogens (tertiary/aromatic N) is 3. The quantitative estimate of drug-likeness (QED) is 0.567. The van der Waals surface area contributed by atoms with E-state index in [0.29, 0.717) is 17.6 Å². The normalized spacial score (nSPS) is 11.0. The first-order valence-electron chi connectivity index (χ1n) is 9.57. The fourth-order valence-electron chi connectivity index (χ4n) is 3.39. The van der Waals surface area contributed by atoms with E-state index in [1.807, 2.05) is 74.6 Å². The number of amides is 1. The van der Waals surface area contributed by atoms with Gasteiger partial charge in [0.2, 0.25) is 5.91 Å². The molecule has 4 aromatic rings. The minimum absolute atomic E-state index is 0.0296. The highest BCUT2D eigenvalue weighted by Gasteiger charge is 2.17. The van der Waals surface area contributed by atoms with Gasteiger partial charge >= 0.3 is 0 Å². The maximum absolute atomic E-state index is 13.0. The van der Waals surface area contributed by atoms with E-state index in [-0.39, 0.29) is 18.0 Å². The second-order valence-corrected chi connectivity index (χ2v) is 6.98. The molecule has 0 bridgehead atoms. The highest BCUT2D eigenvalue weighted by atomic mass is 16.2. The molecule has 0 aliphatic rings. The van der Waals surface area contributed by atoms with Crippen molar-refractivity contribution < 1.29 is 4.79 Å². The van der Waals surface area contributed by atoms with Crippen LogP contribution in [0.15, 0.2) is 71.9 Å². The van der Waals surface area contributed by atoms with Crippen molar-refractivity contribution >= 4 is 22.6 Å². The number of anilines is 1.